The van der Waals surface area contributed by atoms with Crippen LogP contribution in [0, 0.1) is 0 Å². The van der Waals surface area contributed by atoms with E-state index in [-0.39, 0.29) is 0 Å². The number of hydrogen-bond acceptors (Lipinski definition) is 1. The highest BCUT2D eigenvalue weighted by Gasteiger charge is 2.28. The summed E-state index contributed by atoms with van der Waals surface area (Å²) in [5, 5.41) is 0. The van der Waals surface area contributed by atoms with E-state index in [0.717, 1.165) is 0 Å². The monoisotopic (exact) mass is 269 g/mol. The van der Waals surface area contributed by atoms with Crippen molar-refractivity contribution in [1.29, 1.82) is 0 Å². The van der Waals surface area contributed by atoms with Gasteiger partial charge in [0.05, 0.1) is 8.07 Å². The Morgan fingerprint density at radius 2 is 1.39 bits per heavy atom. The maximum Gasteiger partial charge on any atom is 0.0782 e. The fourth-order valence-corrected chi connectivity index (χ4v) is 7.20. The van der Waals surface area contributed by atoms with Gasteiger partial charge in [0.25, 0.3) is 0 Å². The quantitative estimate of drug-likeness (QED) is 0.499. The van der Waals surface area contributed by atoms with Gasteiger partial charge in [0.15, 0.2) is 0 Å². The smallest absolute Gasteiger partial charge is 0.0782 e. The molecular weight excluding hydrogens is 234 g/mol. The molecule has 108 valence electrons. The van der Waals surface area contributed by atoms with E-state index in [1.165, 1.54) is 37.5 Å². The molecule has 0 rings (SSSR count). The highest BCUT2D eigenvalue weighted by Crippen LogP contribution is 2.26. The average Bonchev–Trinajstić information content (AvgIpc) is 2.28. The first-order chi connectivity index (χ1) is 8.42. The maximum absolute atomic E-state index is 4.18. The molecule has 2 heteroatoms. The van der Waals surface area contributed by atoms with Crippen molar-refractivity contribution in [3.63, 3.8) is 0 Å². The largest absolute Gasteiger partial charge is 0.299 e. The van der Waals surface area contributed by atoms with Crippen molar-refractivity contribution >= 4 is 8.07 Å². The average molecular weight is 270 g/mol. The molecule has 0 aliphatic heterocycles. The molecule has 1 nitrogen and oxygen atoms in total. The third kappa shape index (κ3) is 5.70. The van der Waals surface area contributed by atoms with Gasteiger partial charge in [-0.25, -0.2) is 0 Å². The molecule has 0 bridgehead atoms. The zero-order valence-electron chi connectivity index (χ0n) is 13.6. The van der Waals surface area contributed by atoms with Crippen molar-refractivity contribution in [2.45, 2.75) is 84.6 Å². The second kappa shape index (κ2) is 8.92. The Bertz CT molecular complexity index is 209. The molecule has 18 heavy (non-hydrogen) atoms. The molecule has 0 atom stereocenters. The number of nitrogens with zero attached hydrogens (tertiary/aromatic N) is 1. The summed E-state index contributed by atoms with van der Waals surface area (Å²) in [5.74, 6) is 0. The Hall–Kier alpha value is -0.0831. The van der Waals surface area contributed by atoms with Gasteiger partial charge in [-0.1, -0.05) is 38.8 Å². The van der Waals surface area contributed by atoms with E-state index in [1.54, 1.807) is 0 Å². The summed E-state index contributed by atoms with van der Waals surface area (Å²) in [6.45, 7) is 19.3. The molecule has 0 fully saturated rings. The van der Waals surface area contributed by atoms with E-state index in [4.69, 9.17) is 0 Å². The van der Waals surface area contributed by atoms with Crippen molar-refractivity contribution < 1.29 is 0 Å². The molecule has 0 aliphatic carbocycles. The minimum Gasteiger partial charge on any atom is -0.299 e. The summed E-state index contributed by atoms with van der Waals surface area (Å²) in [6, 6.07) is 5.56. The van der Waals surface area contributed by atoms with Crippen LogP contribution in [-0.2, 0) is 0 Å². The van der Waals surface area contributed by atoms with Gasteiger partial charge in [-0.3, -0.25) is 4.90 Å². The fraction of sp³-hybridized carbons (Fsp3) is 0.875. The van der Waals surface area contributed by atoms with Crippen LogP contribution < -0.4 is 0 Å². The topological polar surface area (TPSA) is 3.24 Å². The molecule has 0 amide bonds. The molecule has 0 heterocycles. The molecule has 0 aromatic heterocycles. The highest BCUT2D eigenvalue weighted by atomic mass is 28.3. The van der Waals surface area contributed by atoms with E-state index < -0.39 is 8.07 Å². The lowest BCUT2D eigenvalue weighted by Gasteiger charge is -2.35. The van der Waals surface area contributed by atoms with Crippen molar-refractivity contribution in [2.75, 3.05) is 6.54 Å². The van der Waals surface area contributed by atoms with Crippen LogP contribution in [0.25, 0.3) is 0 Å². The molecule has 0 unspecified atom stereocenters. The van der Waals surface area contributed by atoms with Crippen LogP contribution >= 0.6 is 0 Å². The van der Waals surface area contributed by atoms with Crippen LogP contribution in [0.1, 0.15) is 54.4 Å². The Labute approximate surface area is 117 Å². The van der Waals surface area contributed by atoms with Gasteiger partial charge in [-0.15, -0.1) is 12.3 Å². The third-order valence-electron chi connectivity index (χ3n) is 4.12. The van der Waals surface area contributed by atoms with Crippen molar-refractivity contribution in [2.24, 2.45) is 0 Å². The van der Waals surface area contributed by atoms with Crippen LogP contribution in [0.4, 0.5) is 0 Å². The molecule has 0 spiro atoms. The summed E-state index contributed by atoms with van der Waals surface area (Å²) in [4.78, 5) is 2.64. The van der Waals surface area contributed by atoms with E-state index in [2.05, 4.69) is 58.7 Å². The Kier molecular flexibility index (Phi) is 8.88. The zero-order valence-corrected chi connectivity index (χ0v) is 14.6. The molecule has 0 radical (unpaired) electrons. The van der Waals surface area contributed by atoms with Crippen LogP contribution in [0.3, 0.4) is 0 Å². The van der Waals surface area contributed by atoms with E-state index in [9.17, 15) is 0 Å². The zero-order chi connectivity index (χ0) is 14.2. The second-order valence-corrected chi connectivity index (χ2v) is 10.9. The number of rotatable bonds is 10. The fourth-order valence-electron chi connectivity index (χ4n) is 3.14. The van der Waals surface area contributed by atoms with Gasteiger partial charge in [0, 0.05) is 12.1 Å². The van der Waals surface area contributed by atoms with Gasteiger partial charge in [0.1, 0.15) is 0 Å². The molecule has 0 aromatic carbocycles. The normalized spacial score (nSPS) is 12.7. The Morgan fingerprint density at radius 3 is 1.67 bits per heavy atom. The first kappa shape index (κ1) is 17.9. The van der Waals surface area contributed by atoms with Crippen LogP contribution in [0.2, 0.25) is 18.1 Å². The van der Waals surface area contributed by atoms with E-state index in [0.29, 0.717) is 12.1 Å². The minimum absolute atomic E-state index is 0.657. The lowest BCUT2D eigenvalue weighted by Crippen LogP contribution is -2.42. The molecule has 0 aromatic rings. The van der Waals surface area contributed by atoms with Gasteiger partial charge >= 0.3 is 0 Å². The standard InChI is InChI=1S/C16H35NSi/c1-8-12-18(10-3,13-9-2)14-11-17(15(4)5)16(6)7/h10,15-16H,3,8-9,11-14H2,1-2,4-7H3. The van der Waals surface area contributed by atoms with Crippen molar-refractivity contribution in [3.8, 4) is 0 Å². The summed E-state index contributed by atoms with van der Waals surface area (Å²) >= 11 is 0. The van der Waals surface area contributed by atoms with Crippen molar-refractivity contribution in [3.05, 3.63) is 12.3 Å². The lowest BCUT2D eigenvalue weighted by atomic mass is 10.2. The van der Waals surface area contributed by atoms with Crippen LogP contribution in [0.5, 0.6) is 0 Å². The van der Waals surface area contributed by atoms with Crippen LogP contribution in [-0.4, -0.2) is 31.6 Å². The minimum atomic E-state index is -1.20. The predicted octanol–water partition coefficient (Wildman–Crippen LogP) is 5.10. The molecule has 0 aliphatic rings. The number of hydrogen-bond donors (Lipinski definition) is 0. The van der Waals surface area contributed by atoms with Gasteiger partial charge in [-0.05, 0) is 40.3 Å². The van der Waals surface area contributed by atoms with Gasteiger partial charge < -0.3 is 0 Å². The molecule has 0 saturated heterocycles. The van der Waals surface area contributed by atoms with Gasteiger partial charge in [-0.2, -0.15) is 0 Å². The van der Waals surface area contributed by atoms with E-state index in [1.807, 2.05) is 0 Å². The third-order valence-corrected chi connectivity index (χ3v) is 9.20. The first-order valence-electron chi connectivity index (χ1n) is 7.81. The van der Waals surface area contributed by atoms with Crippen LogP contribution in [0.15, 0.2) is 12.3 Å². The first-order valence-corrected chi connectivity index (χ1v) is 10.5. The SMILES string of the molecule is C=C[Si](CCC)(CCC)CCN(C(C)C)C(C)C. The second-order valence-electron chi connectivity index (χ2n) is 6.24. The predicted molar refractivity (Wildman–Crippen MR) is 87.9 cm³/mol. The highest BCUT2D eigenvalue weighted by molar-refractivity contribution is 6.84. The summed E-state index contributed by atoms with van der Waals surface area (Å²) in [7, 11) is -1.20. The summed E-state index contributed by atoms with van der Waals surface area (Å²) in [5.41, 5.74) is 2.37. The maximum atomic E-state index is 4.18. The Morgan fingerprint density at radius 1 is 0.944 bits per heavy atom. The summed E-state index contributed by atoms with van der Waals surface area (Å²) in [6.07, 6.45) is 2.64. The van der Waals surface area contributed by atoms with Gasteiger partial charge in [0.2, 0.25) is 0 Å². The summed E-state index contributed by atoms with van der Waals surface area (Å²) < 4.78 is 0. The molecule has 0 saturated carbocycles. The lowest BCUT2D eigenvalue weighted by molar-refractivity contribution is 0.184. The Balaban J connectivity index is 4.61. The molecular formula is C16H35NSi. The van der Waals surface area contributed by atoms with E-state index >= 15 is 0 Å². The molecule has 0 N–H and O–H groups in total. The van der Waals surface area contributed by atoms with Crippen molar-refractivity contribution in [1.82, 2.24) is 4.90 Å².